The number of hydrogen-bond donors (Lipinski definition) is 2. The Morgan fingerprint density at radius 1 is 1.35 bits per heavy atom. The lowest BCUT2D eigenvalue weighted by atomic mass is 9.84. The fraction of sp³-hybridized carbons (Fsp3) is 0.786. The van der Waals surface area contributed by atoms with Gasteiger partial charge in [0.25, 0.3) is 0 Å². The van der Waals surface area contributed by atoms with Gasteiger partial charge in [-0.05, 0) is 32.6 Å². The normalized spacial score (nSPS) is 20.3. The number of hydrogen-bond acceptors (Lipinski definition) is 2. The zero-order valence-electron chi connectivity index (χ0n) is 11.0. The third kappa shape index (κ3) is 4.79. The Hall–Kier alpha value is -1.01. The van der Waals surface area contributed by atoms with Gasteiger partial charge in [-0.15, -0.1) is 6.42 Å². The maximum atomic E-state index is 11.7. The highest BCUT2D eigenvalue weighted by Crippen LogP contribution is 2.26. The standard InChI is InChI=1S/C14H24N2O/c1-4-10-15-14(17)12(3)16-11(2)13-8-6-5-7-9-13/h1,11-13,16H,5-10H2,2-3H3,(H,15,17)/t11-,12?/m1/s1. The van der Waals surface area contributed by atoms with E-state index in [4.69, 9.17) is 6.42 Å². The van der Waals surface area contributed by atoms with Crippen LogP contribution in [-0.4, -0.2) is 24.5 Å². The van der Waals surface area contributed by atoms with Crippen molar-refractivity contribution in [1.82, 2.24) is 10.6 Å². The van der Waals surface area contributed by atoms with Gasteiger partial charge in [0.15, 0.2) is 0 Å². The summed E-state index contributed by atoms with van der Waals surface area (Å²) in [6.45, 7) is 4.38. The number of terminal acetylenes is 1. The third-order valence-corrected chi connectivity index (χ3v) is 3.63. The Morgan fingerprint density at radius 2 is 2.00 bits per heavy atom. The number of amides is 1. The van der Waals surface area contributed by atoms with Crippen molar-refractivity contribution in [3.05, 3.63) is 0 Å². The molecule has 1 aliphatic rings. The molecule has 0 aromatic heterocycles. The third-order valence-electron chi connectivity index (χ3n) is 3.63. The van der Waals surface area contributed by atoms with E-state index in [0.717, 1.165) is 0 Å². The summed E-state index contributed by atoms with van der Waals surface area (Å²) in [5.74, 6) is 3.12. The molecule has 2 atom stereocenters. The van der Waals surface area contributed by atoms with E-state index in [1.165, 1.54) is 32.1 Å². The molecule has 1 saturated carbocycles. The van der Waals surface area contributed by atoms with E-state index in [9.17, 15) is 4.79 Å². The van der Waals surface area contributed by atoms with Crippen molar-refractivity contribution >= 4 is 5.91 Å². The van der Waals surface area contributed by atoms with E-state index in [-0.39, 0.29) is 11.9 Å². The first-order valence-electron chi connectivity index (χ1n) is 6.62. The highest BCUT2D eigenvalue weighted by molar-refractivity contribution is 5.81. The number of carbonyl (C=O) groups excluding carboxylic acids is 1. The SMILES string of the molecule is C#CCNC(=O)C(C)N[C@H](C)C1CCCCC1. The van der Waals surface area contributed by atoms with Crippen LogP contribution in [-0.2, 0) is 4.79 Å². The van der Waals surface area contributed by atoms with E-state index >= 15 is 0 Å². The molecule has 1 aliphatic carbocycles. The fourth-order valence-corrected chi connectivity index (χ4v) is 2.53. The summed E-state index contributed by atoms with van der Waals surface area (Å²) in [4.78, 5) is 11.7. The van der Waals surface area contributed by atoms with Crippen LogP contribution in [0.1, 0.15) is 46.0 Å². The summed E-state index contributed by atoms with van der Waals surface area (Å²) in [5, 5.41) is 6.08. The minimum absolute atomic E-state index is 0.00869. The number of rotatable bonds is 5. The van der Waals surface area contributed by atoms with Gasteiger partial charge in [0, 0.05) is 6.04 Å². The highest BCUT2D eigenvalue weighted by atomic mass is 16.2. The topological polar surface area (TPSA) is 41.1 Å². The van der Waals surface area contributed by atoms with Gasteiger partial charge in [-0.3, -0.25) is 4.79 Å². The van der Waals surface area contributed by atoms with Crippen LogP contribution in [0.25, 0.3) is 0 Å². The summed E-state index contributed by atoms with van der Waals surface area (Å²) in [6, 6.07) is 0.238. The van der Waals surface area contributed by atoms with E-state index in [0.29, 0.717) is 18.5 Å². The van der Waals surface area contributed by atoms with Gasteiger partial charge in [0.2, 0.25) is 5.91 Å². The predicted octanol–water partition coefficient (Wildman–Crippen LogP) is 1.68. The average molecular weight is 236 g/mol. The Labute approximate surface area is 105 Å². The zero-order valence-corrected chi connectivity index (χ0v) is 11.0. The molecule has 0 spiro atoms. The molecule has 0 radical (unpaired) electrons. The Kier molecular flexibility index (Phi) is 6.07. The second-order valence-corrected chi connectivity index (χ2v) is 5.00. The van der Waals surface area contributed by atoms with E-state index in [1.54, 1.807) is 0 Å². The molecule has 0 aromatic rings. The summed E-state index contributed by atoms with van der Waals surface area (Å²) in [5.41, 5.74) is 0. The molecule has 1 amide bonds. The van der Waals surface area contributed by atoms with Crippen molar-refractivity contribution in [3.8, 4) is 12.3 Å². The van der Waals surface area contributed by atoms with Gasteiger partial charge in [0.05, 0.1) is 12.6 Å². The van der Waals surface area contributed by atoms with Gasteiger partial charge in [0.1, 0.15) is 0 Å². The summed E-state index contributed by atoms with van der Waals surface area (Å²) in [7, 11) is 0. The lowest BCUT2D eigenvalue weighted by Gasteiger charge is -2.30. The number of nitrogens with one attached hydrogen (secondary N) is 2. The highest BCUT2D eigenvalue weighted by Gasteiger charge is 2.23. The maximum absolute atomic E-state index is 11.7. The maximum Gasteiger partial charge on any atom is 0.237 e. The molecular weight excluding hydrogens is 212 g/mol. The molecular formula is C14H24N2O. The van der Waals surface area contributed by atoms with Crippen molar-refractivity contribution in [2.75, 3.05) is 6.54 Å². The molecule has 0 aliphatic heterocycles. The van der Waals surface area contributed by atoms with Crippen LogP contribution in [0.5, 0.6) is 0 Å². The molecule has 0 aromatic carbocycles. The van der Waals surface area contributed by atoms with Crippen LogP contribution in [0.3, 0.4) is 0 Å². The lowest BCUT2D eigenvalue weighted by molar-refractivity contribution is -0.122. The van der Waals surface area contributed by atoms with Crippen molar-refractivity contribution in [2.24, 2.45) is 5.92 Å². The van der Waals surface area contributed by atoms with Crippen LogP contribution >= 0.6 is 0 Å². The molecule has 17 heavy (non-hydrogen) atoms. The average Bonchev–Trinajstić information content (AvgIpc) is 2.36. The Balaban J connectivity index is 2.31. The zero-order chi connectivity index (χ0) is 12.7. The molecule has 96 valence electrons. The van der Waals surface area contributed by atoms with Crippen LogP contribution in [0.4, 0.5) is 0 Å². The lowest BCUT2D eigenvalue weighted by Crippen LogP contribution is -2.48. The molecule has 0 saturated heterocycles. The molecule has 3 nitrogen and oxygen atoms in total. The molecule has 0 bridgehead atoms. The molecule has 1 rings (SSSR count). The molecule has 1 unspecified atom stereocenters. The van der Waals surface area contributed by atoms with Crippen molar-refractivity contribution in [2.45, 2.75) is 58.0 Å². The van der Waals surface area contributed by atoms with Gasteiger partial charge in [-0.1, -0.05) is 25.2 Å². The molecule has 2 N–H and O–H groups in total. The van der Waals surface area contributed by atoms with Crippen LogP contribution in [0.2, 0.25) is 0 Å². The van der Waals surface area contributed by atoms with Gasteiger partial charge >= 0.3 is 0 Å². The first kappa shape index (κ1) is 14.1. The summed E-state index contributed by atoms with van der Waals surface area (Å²) >= 11 is 0. The first-order chi connectivity index (χ1) is 8.15. The van der Waals surface area contributed by atoms with Gasteiger partial charge in [-0.2, -0.15) is 0 Å². The van der Waals surface area contributed by atoms with E-state index < -0.39 is 0 Å². The summed E-state index contributed by atoms with van der Waals surface area (Å²) in [6.07, 6.45) is 11.7. The molecule has 1 fully saturated rings. The first-order valence-corrected chi connectivity index (χ1v) is 6.62. The van der Waals surface area contributed by atoms with Crippen LogP contribution in [0.15, 0.2) is 0 Å². The Morgan fingerprint density at radius 3 is 2.59 bits per heavy atom. The summed E-state index contributed by atoms with van der Waals surface area (Å²) < 4.78 is 0. The fourth-order valence-electron chi connectivity index (χ4n) is 2.53. The van der Waals surface area contributed by atoms with Crippen molar-refractivity contribution in [1.29, 1.82) is 0 Å². The van der Waals surface area contributed by atoms with Gasteiger partial charge < -0.3 is 10.6 Å². The van der Waals surface area contributed by atoms with Crippen molar-refractivity contribution in [3.63, 3.8) is 0 Å². The second kappa shape index (κ2) is 7.34. The van der Waals surface area contributed by atoms with Gasteiger partial charge in [-0.25, -0.2) is 0 Å². The smallest absolute Gasteiger partial charge is 0.237 e. The minimum Gasteiger partial charge on any atom is -0.344 e. The monoisotopic (exact) mass is 236 g/mol. The van der Waals surface area contributed by atoms with E-state index in [1.807, 2.05) is 6.92 Å². The molecule has 3 heteroatoms. The largest absolute Gasteiger partial charge is 0.344 e. The Bertz CT molecular complexity index is 276. The van der Waals surface area contributed by atoms with Crippen molar-refractivity contribution < 1.29 is 4.79 Å². The second-order valence-electron chi connectivity index (χ2n) is 5.00. The van der Waals surface area contributed by atoms with E-state index in [2.05, 4.69) is 23.5 Å². The van der Waals surface area contributed by atoms with Crippen LogP contribution in [0, 0.1) is 18.3 Å². The predicted molar refractivity (Wildman–Crippen MR) is 70.5 cm³/mol. The molecule has 0 heterocycles. The quantitative estimate of drug-likeness (QED) is 0.713. The number of carbonyl (C=O) groups is 1. The minimum atomic E-state index is -0.166. The van der Waals surface area contributed by atoms with Crippen LogP contribution < -0.4 is 10.6 Å².